The van der Waals surface area contributed by atoms with Gasteiger partial charge in [-0.15, -0.1) is 0 Å². The largest absolute Gasteiger partial charge is 0.467 e. The summed E-state index contributed by atoms with van der Waals surface area (Å²) in [5.41, 5.74) is 0.346. The first-order chi connectivity index (χ1) is 11.1. The molecular weight excluding hydrogens is 299 g/mol. The molecule has 1 heterocycles. The third kappa shape index (κ3) is 3.53. The van der Waals surface area contributed by atoms with Gasteiger partial charge in [0, 0.05) is 12.0 Å². The number of aliphatic hydroxyl groups is 1. The van der Waals surface area contributed by atoms with Crippen LogP contribution in [-0.2, 0) is 5.41 Å². The molecule has 1 aromatic carbocycles. The molecule has 0 aliphatic heterocycles. The number of carbonyl (C=O) groups is 1. The third-order valence-corrected chi connectivity index (χ3v) is 4.21. The minimum atomic E-state index is -0.891. The first-order valence-electron chi connectivity index (χ1n) is 7.59. The number of hydrogen-bond acceptors (Lipinski definition) is 3. The van der Waals surface area contributed by atoms with Gasteiger partial charge in [-0.05, 0) is 36.6 Å². The Balaban J connectivity index is 1.49. The summed E-state index contributed by atoms with van der Waals surface area (Å²) < 4.78 is 18.9. The number of aliphatic hydroxyl groups excluding tert-OH is 1. The number of hydrogen-bond donors (Lipinski definition) is 3. The summed E-state index contributed by atoms with van der Waals surface area (Å²) in [4.78, 5) is 11.9. The van der Waals surface area contributed by atoms with Crippen molar-refractivity contribution in [3.8, 4) is 0 Å². The molecule has 0 bridgehead atoms. The molecule has 0 spiro atoms. The van der Waals surface area contributed by atoms with Gasteiger partial charge in [0.15, 0.2) is 0 Å². The highest BCUT2D eigenvalue weighted by molar-refractivity contribution is 5.74. The third-order valence-electron chi connectivity index (χ3n) is 4.21. The van der Waals surface area contributed by atoms with Gasteiger partial charge < -0.3 is 20.2 Å². The van der Waals surface area contributed by atoms with E-state index in [0.717, 1.165) is 12.8 Å². The summed E-state index contributed by atoms with van der Waals surface area (Å²) >= 11 is 0. The van der Waals surface area contributed by atoms with E-state index in [2.05, 4.69) is 10.6 Å². The van der Waals surface area contributed by atoms with Crippen molar-refractivity contribution in [2.24, 2.45) is 0 Å². The highest BCUT2D eigenvalue weighted by atomic mass is 19.1. The van der Waals surface area contributed by atoms with Crippen LogP contribution in [0.2, 0.25) is 0 Å². The Hall–Kier alpha value is -2.34. The highest BCUT2D eigenvalue weighted by Gasteiger charge is 2.45. The van der Waals surface area contributed by atoms with E-state index in [4.69, 9.17) is 4.42 Å². The Morgan fingerprint density at radius 2 is 2.04 bits per heavy atom. The molecule has 1 saturated carbocycles. The summed E-state index contributed by atoms with van der Waals surface area (Å²) in [5, 5.41) is 15.2. The summed E-state index contributed by atoms with van der Waals surface area (Å²) in [6.45, 7) is 0.419. The van der Waals surface area contributed by atoms with Gasteiger partial charge in [0.05, 0.1) is 12.8 Å². The fraction of sp³-hybridized carbons (Fsp3) is 0.353. The minimum Gasteiger partial charge on any atom is -0.467 e. The van der Waals surface area contributed by atoms with Crippen LogP contribution in [0.15, 0.2) is 47.1 Å². The topological polar surface area (TPSA) is 74.5 Å². The number of halogens is 1. The van der Waals surface area contributed by atoms with Gasteiger partial charge in [-0.2, -0.15) is 0 Å². The quantitative estimate of drug-likeness (QED) is 0.766. The lowest BCUT2D eigenvalue weighted by molar-refractivity contribution is 0.148. The molecule has 1 aliphatic carbocycles. The Labute approximate surface area is 133 Å². The molecule has 1 atom stereocenters. The van der Waals surface area contributed by atoms with E-state index < -0.39 is 12.1 Å². The van der Waals surface area contributed by atoms with E-state index in [1.165, 1.54) is 12.3 Å². The molecule has 0 saturated heterocycles. The van der Waals surface area contributed by atoms with Crippen LogP contribution in [0.1, 0.15) is 30.3 Å². The van der Waals surface area contributed by atoms with Crippen LogP contribution in [0.25, 0.3) is 0 Å². The van der Waals surface area contributed by atoms with Gasteiger partial charge in [0.2, 0.25) is 0 Å². The number of rotatable bonds is 6. The summed E-state index contributed by atoms with van der Waals surface area (Å²) in [5.74, 6) is 0.163. The van der Waals surface area contributed by atoms with E-state index in [-0.39, 0.29) is 17.8 Å². The van der Waals surface area contributed by atoms with Crippen LogP contribution >= 0.6 is 0 Å². The van der Waals surface area contributed by atoms with Crippen molar-refractivity contribution in [3.63, 3.8) is 0 Å². The zero-order valence-corrected chi connectivity index (χ0v) is 12.6. The van der Waals surface area contributed by atoms with Crippen molar-refractivity contribution >= 4 is 6.03 Å². The van der Waals surface area contributed by atoms with Crippen molar-refractivity contribution in [2.45, 2.75) is 24.4 Å². The Morgan fingerprint density at radius 3 is 2.70 bits per heavy atom. The van der Waals surface area contributed by atoms with Crippen molar-refractivity contribution < 1.29 is 18.7 Å². The molecule has 3 rings (SSSR count). The maximum atomic E-state index is 13.9. The van der Waals surface area contributed by atoms with Crippen LogP contribution in [0.3, 0.4) is 0 Å². The van der Waals surface area contributed by atoms with Crippen LogP contribution in [0.4, 0.5) is 9.18 Å². The van der Waals surface area contributed by atoms with Gasteiger partial charge >= 0.3 is 6.03 Å². The number of benzene rings is 1. The molecule has 1 aromatic heterocycles. The molecule has 1 unspecified atom stereocenters. The molecule has 2 amide bonds. The predicted octanol–water partition coefficient (Wildman–Crippen LogP) is 2.48. The van der Waals surface area contributed by atoms with Crippen LogP contribution < -0.4 is 10.6 Å². The molecule has 5 nitrogen and oxygen atoms in total. The summed E-state index contributed by atoms with van der Waals surface area (Å²) in [6.07, 6.45) is 2.27. The second kappa shape index (κ2) is 6.42. The van der Waals surface area contributed by atoms with Crippen LogP contribution in [0.5, 0.6) is 0 Å². The van der Waals surface area contributed by atoms with Crippen LogP contribution in [0, 0.1) is 5.82 Å². The number of nitrogens with one attached hydrogen (secondary N) is 2. The summed E-state index contributed by atoms with van der Waals surface area (Å²) in [7, 11) is 0. The SMILES string of the molecule is O=C(NCC(O)c1ccco1)NCC1(c2ccccc2F)CC1. The number of carbonyl (C=O) groups excluding carboxylic acids is 1. The van der Waals surface area contributed by atoms with Crippen molar-refractivity contribution in [1.29, 1.82) is 0 Å². The molecule has 0 radical (unpaired) electrons. The highest BCUT2D eigenvalue weighted by Crippen LogP contribution is 2.48. The zero-order chi connectivity index (χ0) is 16.3. The van der Waals surface area contributed by atoms with E-state index in [1.807, 2.05) is 0 Å². The van der Waals surface area contributed by atoms with E-state index >= 15 is 0 Å². The minimum absolute atomic E-state index is 0.0477. The molecular formula is C17H19FN2O3. The lowest BCUT2D eigenvalue weighted by Crippen LogP contribution is -2.41. The van der Waals surface area contributed by atoms with Gasteiger partial charge in [0.1, 0.15) is 17.7 Å². The van der Waals surface area contributed by atoms with E-state index in [1.54, 1.807) is 30.3 Å². The second-order valence-electron chi connectivity index (χ2n) is 5.85. The smallest absolute Gasteiger partial charge is 0.314 e. The first-order valence-corrected chi connectivity index (χ1v) is 7.59. The summed E-state index contributed by atoms with van der Waals surface area (Å²) in [6, 6.07) is 9.59. The van der Waals surface area contributed by atoms with E-state index in [0.29, 0.717) is 17.9 Å². The molecule has 1 aliphatic rings. The molecule has 3 N–H and O–H groups in total. The number of urea groups is 1. The fourth-order valence-electron chi connectivity index (χ4n) is 2.67. The maximum absolute atomic E-state index is 13.9. The molecule has 6 heteroatoms. The average Bonchev–Trinajstić information content (AvgIpc) is 3.13. The fourth-order valence-corrected chi connectivity index (χ4v) is 2.67. The van der Waals surface area contributed by atoms with Crippen molar-refractivity contribution in [3.05, 3.63) is 59.8 Å². The molecule has 2 aromatic rings. The van der Waals surface area contributed by atoms with Gasteiger partial charge in [-0.25, -0.2) is 9.18 Å². The van der Waals surface area contributed by atoms with Gasteiger partial charge in [0.25, 0.3) is 0 Å². The molecule has 122 valence electrons. The lowest BCUT2D eigenvalue weighted by atomic mass is 9.95. The Morgan fingerprint density at radius 1 is 1.26 bits per heavy atom. The van der Waals surface area contributed by atoms with Gasteiger partial charge in [-0.1, -0.05) is 18.2 Å². The van der Waals surface area contributed by atoms with E-state index in [9.17, 15) is 14.3 Å². The molecule has 23 heavy (non-hydrogen) atoms. The van der Waals surface area contributed by atoms with Crippen LogP contribution in [-0.4, -0.2) is 24.2 Å². The zero-order valence-electron chi connectivity index (χ0n) is 12.6. The number of amides is 2. The van der Waals surface area contributed by atoms with Gasteiger partial charge in [-0.3, -0.25) is 0 Å². The standard InChI is InChI=1S/C17H19FN2O3/c18-13-5-2-1-4-12(13)17(7-8-17)11-20-16(22)19-10-14(21)15-6-3-9-23-15/h1-6,9,14,21H,7-8,10-11H2,(H2,19,20,22). The predicted molar refractivity (Wildman–Crippen MR) is 82.4 cm³/mol. The monoisotopic (exact) mass is 318 g/mol. The Kier molecular flexibility index (Phi) is 4.34. The number of furan rings is 1. The second-order valence-corrected chi connectivity index (χ2v) is 5.85. The first kappa shape index (κ1) is 15.6. The Bertz CT molecular complexity index is 668. The normalized spacial score (nSPS) is 16.6. The van der Waals surface area contributed by atoms with Crippen molar-refractivity contribution in [1.82, 2.24) is 10.6 Å². The van der Waals surface area contributed by atoms with Crippen molar-refractivity contribution in [2.75, 3.05) is 13.1 Å². The maximum Gasteiger partial charge on any atom is 0.314 e. The average molecular weight is 318 g/mol. The lowest BCUT2D eigenvalue weighted by Gasteiger charge is -2.18. The molecule has 1 fully saturated rings.